The van der Waals surface area contributed by atoms with Crippen LogP contribution in [0, 0.1) is 0 Å². The Balaban J connectivity index is 1.42. The molecule has 4 rings (SSSR count). The quantitative estimate of drug-likeness (QED) is 0.911. The van der Waals surface area contributed by atoms with Crippen molar-refractivity contribution in [2.45, 2.75) is 25.3 Å². The molecule has 5 nitrogen and oxygen atoms in total. The number of likely N-dealkylation sites (tertiary alicyclic amines) is 1. The molecule has 1 fully saturated rings. The van der Waals surface area contributed by atoms with E-state index in [2.05, 4.69) is 17.0 Å². The highest BCUT2D eigenvalue weighted by atomic mass is 16.6. The summed E-state index contributed by atoms with van der Waals surface area (Å²) in [6, 6.07) is 13.5. The zero-order valence-corrected chi connectivity index (χ0v) is 14.7. The van der Waals surface area contributed by atoms with Crippen LogP contribution in [0.3, 0.4) is 0 Å². The van der Waals surface area contributed by atoms with Gasteiger partial charge in [-0.2, -0.15) is 0 Å². The van der Waals surface area contributed by atoms with Crippen molar-refractivity contribution in [1.29, 1.82) is 0 Å². The molecule has 0 aliphatic carbocycles. The molecule has 2 aliphatic heterocycles. The molecule has 1 N–H and O–H groups in total. The monoisotopic (exact) mass is 353 g/mol. The van der Waals surface area contributed by atoms with Crippen molar-refractivity contribution in [2.24, 2.45) is 0 Å². The van der Waals surface area contributed by atoms with Gasteiger partial charge in [-0.3, -0.25) is 4.90 Å². The number of carboxylic acid groups (broad SMARTS) is 1. The van der Waals surface area contributed by atoms with Crippen molar-refractivity contribution in [3.63, 3.8) is 0 Å². The highest BCUT2D eigenvalue weighted by Crippen LogP contribution is 2.32. The molecule has 0 radical (unpaired) electrons. The number of ether oxygens (including phenoxy) is 2. The topological polar surface area (TPSA) is 59.0 Å². The van der Waals surface area contributed by atoms with Crippen LogP contribution in [0.4, 0.5) is 0 Å². The molecule has 2 aromatic rings. The fraction of sp³-hybridized carbons (Fsp3) is 0.381. The van der Waals surface area contributed by atoms with Gasteiger partial charge in [0.1, 0.15) is 13.2 Å². The largest absolute Gasteiger partial charge is 0.486 e. The van der Waals surface area contributed by atoms with Gasteiger partial charge in [-0.05, 0) is 60.7 Å². The molecule has 136 valence electrons. The van der Waals surface area contributed by atoms with E-state index in [-0.39, 0.29) is 0 Å². The van der Waals surface area contributed by atoms with Gasteiger partial charge in [0.05, 0.1) is 5.56 Å². The van der Waals surface area contributed by atoms with Crippen LogP contribution in [0.25, 0.3) is 0 Å². The Morgan fingerprint density at radius 2 is 1.85 bits per heavy atom. The summed E-state index contributed by atoms with van der Waals surface area (Å²) in [4.78, 5) is 13.5. The van der Waals surface area contributed by atoms with E-state index < -0.39 is 5.97 Å². The Hall–Kier alpha value is -2.53. The first kappa shape index (κ1) is 16.9. The molecule has 0 aromatic heterocycles. The van der Waals surface area contributed by atoms with Gasteiger partial charge < -0.3 is 14.6 Å². The predicted octanol–water partition coefficient (Wildman–Crippen LogP) is 3.54. The second kappa shape index (κ2) is 7.38. The Kier molecular flexibility index (Phi) is 4.80. The Labute approximate surface area is 153 Å². The van der Waals surface area contributed by atoms with Gasteiger partial charge in [0.15, 0.2) is 11.5 Å². The Bertz CT molecular complexity index is 787. The van der Waals surface area contributed by atoms with Gasteiger partial charge in [0, 0.05) is 13.1 Å². The number of carboxylic acids is 1. The van der Waals surface area contributed by atoms with Gasteiger partial charge in [0.25, 0.3) is 0 Å². The van der Waals surface area contributed by atoms with Crippen LogP contribution in [0.1, 0.15) is 40.2 Å². The smallest absolute Gasteiger partial charge is 0.335 e. The van der Waals surface area contributed by atoms with E-state index in [1.165, 1.54) is 11.1 Å². The van der Waals surface area contributed by atoms with Gasteiger partial charge in [0.2, 0.25) is 0 Å². The lowest BCUT2D eigenvalue weighted by atomic mass is 9.90. The van der Waals surface area contributed by atoms with Crippen molar-refractivity contribution in [3.8, 4) is 11.5 Å². The molecule has 1 saturated heterocycles. The van der Waals surface area contributed by atoms with E-state index in [1.54, 1.807) is 12.1 Å². The fourth-order valence-corrected chi connectivity index (χ4v) is 3.81. The zero-order valence-electron chi connectivity index (χ0n) is 14.7. The number of nitrogens with zero attached hydrogens (tertiary/aromatic N) is 1. The Morgan fingerprint density at radius 1 is 1.08 bits per heavy atom. The molecule has 0 saturated carbocycles. The summed E-state index contributed by atoms with van der Waals surface area (Å²) in [6.45, 7) is 4.18. The van der Waals surface area contributed by atoms with E-state index in [0.29, 0.717) is 24.7 Å². The van der Waals surface area contributed by atoms with Gasteiger partial charge in [-0.15, -0.1) is 0 Å². The van der Waals surface area contributed by atoms with Crippen molar-refractivity contribution in [2.75, 3.05) is 26.3 Å². The highest BCUT2D eigenvalue weighted by Gasteiger charge is 2.22. The second-order valence-corrected chi connectivity index (χ2v) is 6.98. The van der Waals surface area contributed by atoms with E-state index in [9.17, 15) is 4.79 Å². The summed E-state index contributed by atoms with van der Waals surface area (Å²) in [5, 5.41) is 9.05. The van der Waals surface area contributed by atoms with E-state index in [4.69, 9.17) is 14.6 Å². The average Bonchev–Trinajstić information content (AvgIpc) is 2.68. The maximum absolute atomic E-state index is 11.0. The van der Waals surface area contributed by atoms with Gasteiger partial charge in [-0.1, -0.05) is 18.2 Å². The normalized spacial score (nSPS) is 19.9. The molecule has 2 aliphatic rings. The number of carbonyl (C=O) groups is 1. The average molecular weight is 353 g/mol. The molecule has 26 heavy (non-hydrogen) atoms. The van der Waals surface area contributed by atoms with Crippen molar-refractivity contribution >= 4 is 5.97 Å². The number of hydrogen-bond acceptors (Lipinski definition) is 4. The molecular weight excluding hydrogens is 330 g/mol. The van der Waals surface area contributed by atoms with Crippen LogP contribution in [-0.2, 0) is 6.54 Å². The third kappa shape index (κ3) is 3.68. The lowest BCUT2D eigenvalue weighted by Gasteiger charge is -2.33. The first-order valence-electron chi connectivity index (χ1n) is 9.13. The fourth-order valence-electron chi connectivity index (χ4n) is 3.81. The Morgan fingerprint density at radius 3 is 2.62 bits per heavy atom. The maximum atomic E-state index is 11.0. The number of rotatable bonds is 4. The number of aromatic carboxylic acids is 1. The standard InChI is InChI=1S/C21H23NO4/c23-21(24)17-6-4-16(5-7-17)18-2-1-9-22(14-18)13-15-3-8-19-20(12-15)26-11-10-25-19/h3-8,12,18H,1-2,9-11,13-14H2,(H,23,24)/t18-/m0/s1. The van der Waals surface area contributed by atoms with Crippen LogP contribution in [-0.4, -0.2) is 42.3 Å². The summed E-state index contributed by atoms with van der Waals surface area (Å²) in [7, 11) is 0. The molecule has 1 atom stereocenters. The van der Waals surface area contributed by atoms with Crippen LogP contribution < -0.4 is 9.47 Å². The summed E-state index contributed by atoms with van der Waals surface area (Å²) in [6.07, 6.45) is 2.29. The van der Waals surface area contributed by atoms with Crippen LogP contribution in [0.15, 0.2) is 42.5 Å². The maximum Gasteiger partial charge on any atom is 0.335 e. The van der Waals surface area contributed by atoms with Gasteiger partial charge in [-0.25, -0.2) is 4.79 Å². The van der Waals surface area contributed by atoms with E-state index in [1.807, 2.05) is 18.2 Å². The summed E-state index contributed by atoms with van der Waals surface area (Å²) in [5.41, 5.74) is 2.80. The SMILES string of the molecule is O=C(O)c1ccc([C@H]2CCCN(Cc3ccc4c(c3)OCCO4)C2)cc1. The van der Waals surface area contributed by atoms with Crippen LogP contribution in [0.2, 0.25) is 0 Å². The van der Waals surface area contributed by atoms with Crippen LogP contribution >= 0.6 is 0 Å². The zero-order chi connectivity index (χ0) is 17.9. The summed E-state index contributed by atoms with van der Waals surface area (Å²) >= 11 is 0. The van der Waals surface area contributed by atoms with Crippen LogP contribution in [0.5, 0.6) is 11.5 Å². The van der Waals surface area contributed by atoms with Crippen molar-refractivity contribution in [1.82, 2.24) is 4.90 Å². The lowest BCUT2D eigenvalue weighted by Crippen LogP contribution is -2.33. The molecular formula is C21H23NO4. The second-order valence-electron chi connectivity index (χ2n) is 6.98. The minimum absolute atomic E-state index is 0.345. The molecule has 0 unspecified atom stereocenters. The van der Waals surface area contributed by atoms with Gasteiger partial charge >= 0.3 is 5.97 Å². The third-order valence-electron chi connectivity index (χ3n) is 5.15. The molecule has 0 bridgehead atoms. The predicted molar refractivity (Wildman–Crippen MR) is 98.1 cm³/mol. The first-order chi connectivity index (χ1) is 12.7. The molecule has 2 aromatic carbocycles. The summed E-state index contributed by atoms with van der Waals surface area (Å²) in [5.74, 6) is 1.24. The first-order valence-corrected chi connectivity index (χ1v) is 9.13. The molecule has 0 spiro atoms. The highest BCUT2D eigenvalue weighted by molar-refractivity contribution is 5.87. The van der Waals surface area contributed by atoms with E-state index >= 15 is 0 Å². The molecule has 5 heteroatoms. The lowest BCUT2D eigenvalue weighted by molar-refractivity contribution is 0.0697. The number of fused-ring (bicyclic) bond motifs is 1. The minimum atomic E-state index is -0.875. The minimum Gasteiger partial charge on any atom is -0.486 e. The number of piperidine rings is 1. The summed E-state index contributed by atoms with van der Waals surface area (Å²) < 4.78 is 11.3. The van der Waals surface area contributed by atoms with E-state index in [0.717, 1.165) is 44.0 Å². The van der Waals surface area contributed by atoms with Crippen molar-refractivity contribution < 1.29 is 19.4 Å². The van der Waals surface area contributed by atoms with Crippen molar-refractivity contribution in [3.05, 3.63) is 59.2 Å². The third-order valence-corrected chi connectivity index (χ3v) is 5.15. The molecule has 2 heterocycles. The molecule has 0 amide bonds. The number of hydrogen-bond donors (Lipinski definition) is 1. The number of benzene rings is 2.